The van der Waals surface area contributed by atoms with Crippen molar-refractivity contribution in [3.8, 4) is 0 Å². The van der Waals surface area contributed by atoms with Crippen molar-refractivity contribution in [3.05, 3.63) is 0 Å². The molecule has 2 rings (SSSR count). The van der Waals surface area contributed by atoms with Crippen molar-refractivity contribution < 1.29 is 13.6 Å². The summed E-state index contributed by atoms with van der Waals surface area (Å²) in [5.74, 6) is 1.28. The molecule has 0 saturated heterocycles. The second-order valence-electron chi connectivity index (χ2n) is 5.11. The molecule has 0 unspecified atom stereocenters. The summed E-state index contributed by atoms with van der Waals surface area (Å²) in [6.45, 7) is 5.08. The van der Waals surface area contributed by atoms with Gasteiger partial charge in [0, 0.05) is 0 Å². The fraction of sp³-hybridized carbons (Fsp3) is 1.00. The van der Waals surface area contributed by atoms with Gasteiger partial charge >= 0.3 is 7.60 Å². The number of hydrogen-bond acceptors (Lipinski definition) is 3. The van der Waals surface area contributed by atoms with Gasteiger partial charge in [-0.3, -0.25) is 4.57 Å². The molecule has 4 heteroatoms. The topological polar surface area (TPSA) is 35.5 Å². The van der Waals surface area contributed by atoms with Crippen LogP contribution in [0.25, 0.3) is 0 Å². The highest BCUT2D eigenvalue weighted by molar-refractivity contribution is 7.54. The first-order chi connectivity index (χ1) is 7.10. The zero-order chi connectivity index (χ0) is 10.9. The monoisotopic (exact) mass is 232 g/mol. The number of rotatable bonds is 7. The van der Waals surface area contributed by atoms with Gasteiger partial charge in [0.1, 0.15) is 0 Å². The van der Waals surface area contributed by atoms with Gasteiger partial charge in [-0.15, -0.1) is 0 Å². The quantitative estimate of drug-likeness (QED) is 0.631. The zero-order valence-corrected chi connectivity index (χ0v) is 10.5. The van der Waals surface area contributed by atoms with Crippen LogP contribution >= 0.6 is 7.60 Å². The van der Waals surface area contributed by atoms with Crippen molar-refractivity contribution in [2.45, 2.75) is 45.2 Å². The van der Waals surface area contributed by atoms with Gasteiger partial charge < -0.3 is 9.05 Å². The predicted molar refractivity (Wildman–Crippen MR) is 60.1 cm³/mol. The molecule has 2 saturated carbocycles. The van der Waals surface area contributed by atoms with Crippen molar-refractivity contribution in [1.29, 1.82) is 0 Å². The fourth-order valence-electron chi connectivity index (χ4n) is 1.32. The summed E-state index contributed by atoms with van der Waals surface area (Å²) in [4.78, 5) is 0. The van der Waals surface area contributed by atoms with E-state index in [-0.39, 0.29) is 5.66 Å². The maximum atomic E-state index is 12.3. The molecule has 2 fully saturated rings. The van der Waals surface area contributed by atoms with E-state index in [2.05, 4.69) is 0 Å². The molecule has 0 aromatic heterocycles. The third kappa shape index (κ3) is 3.58. The van der Waals surface area contributed by atoms with Crippen molar-refractivity contribution in [3.63, 3.8) is 0 Å². The molecule has 0 radical (unpaired) electrons. The second-order valence-corrected chi connectivity index (χ2v) is 7.74. The lowest BCUT2D eigenvalue weighted by Gasteiger charge is -2.21. The van der Waals surface area contributed by atoms with Crippen molar-refractivity contribution in [1.82, 2.24) is 0 Å². The SMILES string of the molecule is CC(C)P(=O)(OCC1CC1)OCC1CC1. The van der Waals surface area contributed by atoms with Gasteiger partial charge in [0.05, 0.1) is 18.9 Å². The smallest absolute Gasteiger partial charge is 0.308 e. The summed E-state index contributed by atoms with van der Waals surface area (Å²) in [6.07, 6.45) is 4.89. The van der Waals surface area contributed by atoms with E-state index in [1.54, 1.807) is 0 Å². The van der Waals surface area contributed by atoms with E-state index in [1.807, 2.05) is 13.8 Å². The van der Waals surface area contributed by atoms with Crippen LogP contribution in [0.2, 0.25) is 0 Å². The van der Waals surface area contributed by atoms with Gasteiger partial charge in [0.25, 0.3) is 0 Å². The third-order valence-corrected chi connectivity index (χ3v) is 5.29. The summed E-state index contributed by atoms with van der Waals surface area (Å²) in [7, 11) is -2.82. The van der Waals surface area contributed by atoms with Crippen LogP contribution in [-0.4, -0.2) is 18.9 Å². The second kappa shape index (κ2) is 4.57. The average Bonchev–Trinajstić information content (AvgIpc) is 3.01. The van der Waals surface area contributed by atoms with Gasteiger partial charge in [0.2, 0.25) is 0 Å². The maximum absolute atomic E-state index is 12.3. The van der Waals surface area contributed by atoms with E-state index in [0.29, 0.717) is 25.0 Å². The maximum Gasteiger partial charge on any atom is 0.333 e. The van der Waals surface area contributed by atoms with E-state index >= 15 is 0 Å². The van der Waals surface area contributed by atoms with E-state index in [9.17, 15) is 4.57 Å². The zero-order valence-electron chi connectivity index (χ0n) is 9.65. The summed E-state index contributed by atoms with van der Waals surface area (Å²) in [5, 5.41) is 0. The molecular weight excluding hydrogens is 211 g/mol. The summed E-state index contributed by atoms with van der Waals surface area (Å²) in [6, 6.07) is 0. The van der Waals surface area contributed by atoms with Crippen LogP contribution in [-0.2, 0) is 13.6 Å². The molecular formula is C11H21O3P. The Hall–Kier alpha value is 0.150. The molecule has 0 aromatic carbocycles. The van der Waals surface area contributed by atoms with Gasteiger partial charge in [-0.2, -0.15) is 0 Å². The van der Waals surface area contributed by atoms with Gasteiger partial charge in [-0.05, 0) is 37.5 Å². The minimum atomic E-state index is -2.82. The molecule has 0 aliphatic heterocycles. The Balaban J connectivity index is 1.79. The largest absolute Gasteiger partial charge is 0.333 e. The van der Waals surface area contributed by atoms with E-state index in [4.69, 9.17) is 9.05 Å². The van der Waals surface area contributed by atoms with Crippen LogP contribution in [0.5, 0.6) is 0 Å². The Labute approximate surface area is 92.1 Å². The van der Waals surface area contributed by atoms with Crippen molar-refractivity contribution >= 4 is 7.60 Å². The van der Waals surface area contributed by atoms with E-state index < -0.39 is 7.60 Å². The van der Waals surface area contributed by atoms with Crippen LogP contribution in [0.4, 0.5) is 0 Å². The van der Waals surface area contributed by atoms with Crippen LogP contribution in [0.15, 0.2) is 0 Å². The molecule has 3 nitrogen and oxygen atoms in total. The molecule has 0 amide bonds. The molecule has 2 aliphatic rings. The molecule has 88 valence electrons. The first-order valence-corrected chi connectivity index (χ1v) is 7.60. The van der Waals surface area contributed by atoms with Crippen molar-refractivity contribution in [2.75, 3.05) is 13.2 Å². The lowest BCUT2D eigenvalue weighted by Crippen LogP contribution is -2.09. The van der Waals surface area contributed by atoms with Gasteiger partial charge in [-0.25, -0.2) is 0 Å². The summed E-state index contributed by atoms with van der Waals surface area (Å²) in [5.41, 5.74) is -0.0185. The molecule has 0 aromatic rings. The summed E-state index contributed by atoms with van der Waals surface area (Å²) < 4.78 is 23.4. The first-order valence-electron chi connectivity index (χ1n) is 5.99. The fourth-order valence-corrected chi connectivity index (χ4v) is 2.83. The Bertz CT molecular complexity index is 237. The van der Waals surface area contributed by atoms with Crippen LogP contribution in [0.3, 0.4) is 0 Å². The summed E-state index contributed by atoms with van der Waals surface area (Å²) >= 11 is 0. The third-order valence-electron chi connectivity index (χ3n) is 3.01. The Morgan fingerprint density at radius 1 is 1.07 bits per heavy atom. The van der Waals surface area contributed by atoms with Crippen LogP contribution < -0.4 is 0 Å². The van der Waals surface area contributed by atoms with Crippen LogP contribution in [0.1, 0.15) is 39.5 Å². The lowest BCUT2D eigenvalue weighted by molar-refractivity contribution is 0.187. The standard InChI is InChI=1S/C11H21O3P/c1-9(2)15(12,13-7-10-3-4-10)14-8-11-5-6-11/h9-11H,3-8H2,1-2H3. The normalized spacial score (nSPS) is 22.3. The van der Waals surface area contributed by atoms with Crippen LogP contribution in [0, 0.1) is 11.8 Å². The Morgan fingerprint density at radius 2 is 1.47 bits per heavy atom. The molecule has 0 bridgehead atoms. The van der Waals surface area contributed by atoms with Crippen molar-refractivity contribution in [2.24, 2.45) is 11.8 Å². The van der Waals surface area contributed by atoms with Gasteiger partial charge in [-0.1, -0.05) is 13.8 Å². The average molecular weight is 232 g/mol. The molecule has 0 heterocycles. The Morgan fingerprint density at radius 3 is 1.73 bits per heavy atom. The molecule has 0 atom stereocenters. The molecule has 2 aliphatic carbocycles. The molecule has 0 spiro atoms. The van der Waals surface area contributed by atoms with Gasteiger partial charge in [0.15, 0.2) is 0 Å². The lowest BCUT2D eigenvalue weighted by atomic mass is 10.5. The van der Waals surface area contributed by atoms with E-state index in [0.717, 1.165) is 0 Å². The molecule has 15 heavy (non-hydrogen) atoms. The molecule has 0 N–H and O–H groups in total. The minimum absolute atomic E-state index is 0.0185. The predicted octanol–water partition coefficient (Wildman–Crippen LogP) is 3.44. The van der Waals surface area contributed by atoms with E-state index in [1.165, 1.54) is 25.7 Å². The highest BCUT2D eigenvalue weighted by atomic mass is 31.2. The Kier molecular flexibility index (Phi) is 3.54. The highest BCUT2D eigenvalue weighted by Crippen LogP contribution is 2.55. The number of hydrogen-bond donors (Lipinski definition) is 0. The highest BCUT2D eigenvalue weighted by Gasteiger charge is 2.35. The first kappa shape index (κ1) is 11.6. The minimum Gasteiger partial charge on any atom is -0.308 e.